The summed E-state index contributed by atoms with van der Waals surface area (Å²) >= 11 is 7.39. The molecule has 2 heterocycles. The second-order valence-electron chi connectivity index (χ2n) is 8.01. The molecule has 182 valence electrons. The maximum absolute atomic E-state index is 13.4. The molecular formula is C27H21ClN2O5S. The molecule has 0 radical (unpaired) electrons. The number of carbonyl (C=O) groups is 2. The fraction of sp³-hybridized carbons (Fsp3) is 0.148. The molecule has 5 rings (SSSR count). The fourth-order valence-electron chi connectivity index (χ4n) is 4.17. The topological polar surface area (TPSA) is 89.0 Å². The number of methoxy groups -OCH3 is 1. The number of aliphatic hydroxyl groups is 1. The lowest BCUT2D eigenvalue weighted by molar-refractivity contribution is -0.132. The molecule has 0 bridgehead atoms. The van der Waals surface area contributed by atoms with Gasteiger partial charge in [-0.05, 0) is 55.0 Å². The number of ketones is 1. The van der Waals surface area contributed by atoms with Crippen LogP contribution in [0.5, 0.6) is 11.5 Å². The molecule has 9 heteroatoms. The van der Waals surface area contributed by atoms with Gasteiger partial charge in [-0.25, -0.2) is 4.98 Å². The second-order valence-corrected chi connectivity index (χ2v) is 9.46. The van der Waals surface area contributed by atoms with Crippen LogP contribution >= 0.6 is 22.9 Å². The third-order valence-corrected chi connectivity index (χ3v) is 7.09. The highest BCUT2D eigenvalue weighted by atomic mass is 35.5. The number of carbonyl (C=O) groups excluding carboxylic acids is 2. The van der Waals surface area contributed by atoms with Crippen molar-refractivity contribution in [3.8, 4) is 11.5 Å². The predicted molar refractivity (Wildman–Crippen MR) is 140 cm³/mol. The molecule has 3 aromatic carbocycles. The molecule has 1 aliphatic rings. The van der Waals surface area contributed by atoms with Crippen LogP contribution in [-0.2, 0) is 9.59 Å². The van der Waals surface area contributed by atoms with Gasteiger partial charge in [0, 0.05) is 10.6 Å². The molecule has 1 aromatic heterocycles. The van der Waals surface area contributed by atoms with E-state index in [1.54, 1.807) is 66.7 Å². The van der Waals surface area contributed by atoms with Crippen LogP contribution in [0.2, 0.25) is 5.02 Å². The summed E-state index contributed by atoms with van der Waals surface area (Å²) in [7, 11) is 1.51. The van der Waals surface area contributed by atoms with Gasteiger partial charge < -0.3 is 14.6 Å². The highest BCUT2D eigenvalue weighted by Gasteiger charge is 2.48. The van der Waals surface area contributed by atoms with E-state index in [9.17, 15) is 14.7 Å². The van der Waals surface area contributed by atoms with E-state index in [1.807, 2.05) is 6.92 Å². The molecule has 1 unspecified atom stereocenters. The van der Waals surface area contributed by atoms with Gasteiger partial charge in [-0.2, -0.15) is 0 Å². The lowest BCUT2D eigenvalue weighted by atomic mass is 9.95. The zero-order valence-corrected chi connectivity index (χ0v) is 21.0. The van der Waals surface area contributed by atoms with Crippen LogP contribution in [0.25, 0.3) is 16.0 Å². The van der Waals surface area contributed by atoms with Crippen molar-refractivity contribution < 1.29 is 24.2 Å². The Morgan fingerprint density at radius 1 is 1.08 bits per heavy atom. The van der Waals surface area contributed by atoms with Crippen LogP contribution < -0.4 is 14.4 Å². The average molecular weight is 521 g/mol. The summed E-state index contributed by atoms with van der Waals surface area (Å²) in [4.78, 5) is 32.7. The number of rotatable bonds is 6. The summed E-state index contributed by atoms with van der Waals surface area (Å²) in [5.41, 5.74) is 1.60. The van der Waals surface area contributed by atoms with Crippen molar-refractivity contribution in [3.05, 3.63) is 88.5 Å². The lowest BCUT2D eigenvalue weighted by Gasteiger charge is -2.23. The number of aromatic nitrogens is 1. The first-order valence-corrected chi connectivity index (χ1v) is 12.3. The maximum atomic E-state index is 13.4. The van der Waals surface area contributed by atoms with Crippen molar-refractivity contribution in [1.82, 2.24) is 4.98 Å². The zero-order chi connectivity index (χ0) is 25.4. The molecular weight excluding hydrogens is 500 g/mol. The molecule has 1 atom stereocenters. The predicted octanol–water partition coefficient (Wildman–Crippen LogP) is 5.98. The highest BCUT2D eigenvalue weighted by molar-refractivity contribution is 7.22. The minimum atomic E-state index is -0.900. The Hall–Kier alpha value is -3.88. The first-order valence-electron chi connectivity index (χ1n) is 11.2. The van der Waals surface area contributed by atoms with Gasteiger partial charge in [-0.3, -0.25) is 14.5 Å². The number of benzene rings is 3. The number of hydrogen-bond donors (Lipinski definition) is 1. The summed E-state index contributed by atoms with van der Waals surface area (Å²) in [5, 5.41) is 12.2. The minimum absolute atomic E-state index is 0.0327. The van der Waals surface area contributed by atoms with Crippen LogP contribution in [0.3, 0.4) is 0 Å². The molecule has 1 amide bonds. The largest absolute Gasteiger partial charge is 0.507 e. The summed E-state index contributed by atoms with van der Waals surface area (Å²) in [5.74, 6) is -0.706. The Morgan fingerprint density at radius 2 is 1.86 bits per heavy atom. The van der Waals surface area contributed by atoms with Gasteiger partial charge in [0.25, 0.3) is 5.78 Å². The van der Waals surface area contributed by atoms with Crippen molar-refractivity contribution in [1.29, 1.82) is 0 Å². The standard InChI is InChI=1S/C27H21ClN2O5S/c1-3-35-18-10-7-15(8-11-18)23-22(24(31)16-5-4-6-19(13-16)34-2)25(32)26(33)30(23)27-29-20-12-9-17(28)14-21(20)36-27/h4-14,23,31H,3H2,1-2H3/b24-22+. The van der Waals surface area contributed by atoms with E-state index in [4.69, 9.17) is 21.1 Å². The van der Waals surface area contributed by atoms with Crippen molar-refractivity contribution in [2.24, 2.45) is 0 Å². The number of halogens is 1. The number of hydrogen-bond acceptors (Lipinski definition) is 7. The average Bonchev–Trinajstić information content (AvgIpc) is 3.42. The molecule has 1 fully saturated rings. The van der Waals surface area contributed by atoms with Crippen LogP contribution in [0.4, 0.5) is 5.13 Å². The second kappa shape index (κ2) is 9.64. The molecule has 0 aliphatic carbocycles. The molecule has 7 nitrogen and oxygen atoms in total. The molecule has 1 N–H and O–H groups in total. The van der Waals surface area contributed by atoms with Gasteiger partial charge in [0.15, 0.2) is 5.13 Å². The quantitative estimate of drug-likeness (QED) is 0.191. The molecule has 1 saturated heterocycles. The van der Waals surface area contributed by atoms with Gasteiger partial charge in [0.1, 0.15) is 17.3 Å². The smallest absolute Gasteiger partial charge is 0.301 e. The van der Waals surface area contributed by atoms with Crippen molar-refractivity contribution in [2.45, 2.75) is 13.0 Å². The Balaban J connectivity index is 1.70. The highest BCUT2D eigenvalue weighted by Crippen LogP contribution is 2.45. The summed E-state index contributed by atoms with van der Waals surface area (Å²) in [6.45, 7) is 2.39. The normalized spacial score (nSPS) is 17.1. The number of amides is 1. The number of aliphatic hydroxyl groups excluding tert-OH is 1. The van der Waals surface area contributed by atoms with E-state index in [1.165, 1.54) is 23.3 Å². The molecule has 1 aliphatic heterocycles. The molecule has 0 spiro atoms. The first kappa shape index (κ1) is 23.8. The molecule has 36 heavy (non-hydrogen) atoms. The number of thiazole rings is 1. The Morgan fingerprint density at radius 3 is 2.58 bits per heavy atom. The van der Waals surface area contributed by atoms with Crippen LogP contribution in [0, 0.1) is 0 Å². The van der Waals surface area contributed by atoms with E-state index in [2.05, 4.69) is 4.98 Å². The van der Waals surface area contributed by atoms with Crippen molar-refractivity contribution >= 4 is 55.7 Å². The van der Waals surface area contributed by atoms with Crippen LogP contribution in [-0.4, -0.2) is 35.5 Å². The van der Waals surface area contributed by atoms with E-state index < -0.39 is 17.7 Å². The van der Waals surface area contributed by atoms with Crippen LogP contribution in [0.15, 0.2) is 72.3 Å². The van der Waals surface area contributed by atoms with Gasteiger partial charge >= 0.3 is 5.91 Å². The maximum Gasteiger partial charge on any atom is 0.301 e. The number of nitrogens with zero attached hydrogens (tertiary/aromatic N) is 2. The number of anilines is 1. The Bertz CT molecular complexity index is 1510. The van der Waals surface area contributed by atoms with Gasteiger partial charge in [0.05, 0.1) is 35.5 Å². The van der Waals surface area contributed by atoms with Crippen molar-refractivity contribution in [2.75, 3.05) is 18.6 Å². The van der Waals surface area contributed by atoms with Gasteiger partial charge in [-0.15, -0.1) is 0 Å². The summed E-state index contributed by atoms with van der Waals surface area (Å²) < 4.78 is 11.6. The Labute approximate surface area is 216 Å². The van der Waals surface area contributed by atoms with Gasteiger partial charge in [-0.1, -0.05) is 47.2 Å². The van der Waals surface area contributed by atoms with E-state index >= 15 is 0 Å². The minimum Gasteiger partial charge on any atom is -0.507 e. The van der Waals surface area contributed by atoms with E-state index in [0.717, 1.165) is 4.70 Å². The number of Topliss-reactive ketones (excluding diaryl/α,β-unsaturated/α-hetero) is 1. The third-order valence-electron chi connectivity index (χ3n) is 5.84. The number of fused-ring (bicyclic) bond motifs is 1. The summed E-state index contributed by atoms with van der Waals surface area (Å²) in [6.07, 6.45) is 0. The first-order chi connectivity index (χ1) is 17.4. The molecule has 4 aromatic rings. The summed E-state index contributed by atoms with van der Waals surface area (Å²) in [6, 6.07) is 18.1. The van der Waals surface area contributed by atoms with E-state index in [-0.39, 0.29) is 11.3 Å². The molecule has 0 saturated carbocycles. The number of ether oxygens (including phenoxy) is 2. The lowest BCUT2D eigenvalue weighted by Crippen LogP contribution is -2.29. The monoisotopic (exact) mass is 520 g/mol. The third kappa shape index (κ3) is 4.19. The van der Waals surface area contributed by atoms with E-state index in [0.29, 0.717) is 44.9 Å². The van der Waals surface area contributed by atoms with Crippen LogP contribution in [0.1, 0.15) is 24.1 Å². The SMILES string of the molecule is CCOc1ccc(C2/C(=C(\O)c3cccc(OC)c3)C(=O)C(=O)N2c2nc3ccc(Cl)cc3s2)cc1. The zero-order valence-electron chi connectivity index (χ0n) is 19.4. The fourth-order valence-corrected chi connectivity index (χ4v) is 5.44. The van der Waals surface area contributed by atoms with Gasteiger partial charge in [0.2, 0.25) is 0 Å². The Kier molecular flexibility index (Phi) is 6.38. The van der Waals surface area contributed by atoms with Crippen molar-refractivity contribution in [3.63, 3.8) is 0 Å².